The van der Waals surface area contributed by atoms with Gasteiger partial charge < -0.3 is 5.11 Å². The molecular formula is C11H7Cl2N5O3. The molecule has 10 heteroatoms. The topological polar surface area (TPSA) is 117 Å². The van der Waals surface area contributed by atoms with Gasteiger partial charge in [-0.15, -0.1) is 0 Å². The summed E-state index contributed by atoms with van der Waals surface area (Å²) in [5.74, 6) is -2.17. The third-order valence-electron chi connectivity index (χ3n) is 2.27. The van der Waals surface area contributed by atoms with Crippen LogP contribution in [0.4, 0.5) is 5.69 Å². The van der Waals surface area contributed by atoms with Gasteiger partial charge in [-0.3, -0.25) is 20.6 Å². The van der Waals surface area contributed by atoms with E-state index in [1.807, 2.05) is 0 Å². The second kappa shape index (κ2) is 6.33. The fourth-order valence-corrected chi connectivity index (χ4v) is 1.83. The Morgan fingerprint density at radius 1 is 1.05 bits per heavy atom. The zero-order valence-corrected chi connectivity index (χ0v) is 11.7. The Hall–Kier alpha value is -2.45. The minimum absolute atomic E-state index is 0.181. The van der Waals surface area contributed by atoms with Crippen LogP contribution in [0.5, 0.6) is 0 Å². The third kappa shape index (κ3) is 3.36. The summed E-state index contributed by atoms with van der Waals surface area (Å²) in [7, 11) is 0. The number of carboxylic acid groups (broad SMARTS) is 1. The first kappa shape index (κ1) is 14.9. The number of nitrogens with one attached hydrogen (secondary N) is 2. The third-order valence-corrected chi connectivity index (χ3v) is 2.84. The highest BCUT2D eigenvalue weighted by Gasteiger charge is 2.19. The van der Waals surface area contributed by atoms with Gasteiger partial charge in [0.05, 0.1) is 15.7 Å². The van der Waals surface area contributed by atoms with Gasteiger partial charge in [0.25, 0.3) is 5.91 Å². The summed E-state index contributed by atoms with van der Waals surface area (Å²) in [5, 5.41) is 9.30. The van der Waals surface area contributed by atoms with Crippen LogP contribution in [0.3, 0.4) is 0 Å². The van der Waals surface area contributed by atoms with Crippen molar-refractivity contribution < 1.29 is 14.7 Å². The van der Waals surface area contributed by atoms with Crippen LogP contribution in [0.15, 0.2) is 24.8 Å². The molecule has 0 atom stereocenters. The molecule has 108 valence electrons. The van der Waals surface area contributed by atoms with E-state index in [-0.39, 0.29) is 21.4 Å². The van der Waals surface area contributed by atoms with Crippen molar-refractivity contribution in [1.29, 1.82) is 0 Å². The average molecular weight is 328 g/mol. The van der Waals surface area contributed by atoms with Crippen molar-refractivity contribution in [2.24, 2.45) is 0 Å². The smallest absolute Gasteiger partial charge is 0.356 e. The fraction of sp³-hybridized carbons (Fsp3) is 0. The van der Waals surface area contributed by atoms with Crippen molar-refractivity contribution in [3.8, 4) is 0 Å². The summed E-state index contributed by atoms with van der Waals surface area (Å²) in [6.45, 7) is 0. The van der Waals surface area contributed by atoms with E-state index < -0.39 is 17.6 Å². The van der Waals surface area contributed by atoms with E-state index in [9.17, 15) is 9.59 Å². The Morgan fingerprint density at radius 3 is 2.19 bits per heavy atom. The number of nitrogens with zero attached hydrogens (tertiary/aromatic N) is 3. The molecule has 0 fully saturated rings. The second-order valence-electron chi connectivity index (χ2n) is 3.62. The predicted molar refractivity (Wildman–Crippen MR) is 74.3 cm³/mol. The molecule has 0 radical (unpaired) electrons. The minimum Gasteiger partial charge on any atom is -0.476 e. The molecular weight excluding hydrogens is 321 g/mol. The highest BCUT2D eigenvalue weighted by molar-refractivity contribution is 6.38. The molecule has 0 spiro atoms. The standard InChI is InChI=1S/C11H7Cl2N5O3/c12-5-3-14-4-6(13)7(5)17-18-10(19)8-9(11(20)21)16-2-1-15-8/h1-4H,(H,14,17)(H,18,19)(H,20,21). The Labute approximate surface area is 128 Å². The Kier molecular flexibility index (Phi) is 4.51. The average Bonchev–Trinajstić information content (AvgIpc) is 2.46. The van der Waals surface area contributed by atoms with Gasteiger partial charge in [-0.05, 0) is 0 Å². The molecule has 3 N–H and O–H groups in total. The van der Waals surface area contributed by atoms with Crippen LogP contribution in [0.25, 0.3) is 0 Å². The van der Waals surface area contributed by atoms with Gasteiger partial charge in [0.1, 0.15) is 0 Å². The van der Waals surface area contributed by atoms with Crippen LogP contribution in [0, 0.1) is 0 Å². The lowest BCUT2D eigenvalue weighted by atomic mass is 10.3. The number of pyridine rings is 1. The number of carboxylic acids is 1. The minimum atomic E-state index is -1.37. The van der Waals surface area contributed by atoms with Gasteiger partial charge in [-0.1, -0.05) is 23.2 Å². The van der Waals surface area contributed by atoms with Crippen LogP contribution in [-0.4, -0.2) is 31.9 Å². The number of hydrogen-bond donors (Lipinski definition) is 3. The summed E-state index contributed by atoms with van der Waals surface area (Å²) >= 11 is 11.7. The van der Waals surface area contributed by atoms with Crippen molar-refractivity contribution in [1.82, 2.24) is 20.4 Å². The van der Waals surface area contributed by atoms with Crippen molar-refractivity contribution in [3.05, 3.63) is 46.2 Å². The van der Waals surface area contributed by atoms with Gasteiger partial charge in [0, 0.05) is 24.8 Å². The monoisotopic (exact) mass is 327 g/mol. The second-order valence-corrected chi connectivity index (χ2v) is 4.43. The van der Waals surface area contributed by atoms with Gasteiger partial charge in [-0.25, -0.2) is 14.8 Å². The Morgan fingerprint density at radius 2 is 1.62 bits per heavy atom. The van der Waals surface area contributed by atoms with Crippen molar-refractivity contribution in [2.75, 3.05) is 5.43 Å². The summed E-state index contributed by atoms with van der Waals surface area (Å²) in [6.07, 6.45) is 5.03. The number of hydrogen-bond acceptors (Lipinski definition) is 6. The van der Waals surface area contributed by atoms with Crippen molar-refractivity contribution >= 4 is 40.8 Å². The van der Waals surface area contributed by atoms with Gasteiger partial charge in [0.15, 0.2) is 11.4 Å². The zero-order chi connectivity index (χ0) is 15.4. The molecule has 2 rings (SSSR count). The molecule has 2 heterocycles. The summed E-state index contributed by atoms with van der Waals surface area (Å²) in [5.41, 5.74) is 4.13. The van der Waals surface area contributed by atoms with Crippen LogP contribution < -0.4 is 10.9 Å². The number of carbonyl (C=O) groups excluding carboxylic acids is 1. The quantitative estimate of drug-likeness (QED) is 0.730. The molecule has 0 aromatic carbocycles. The first-order valence-electron chi connectivity index (χ1n) is 5.40. The van der Waals surface area contributed by atoms with Crippen molar-refractivity contribution in [3.63, 3.8) is 0 Å². The highest BCUT2D eigenvalue weighted by Crippen LogP contribution is 2.27. The van der Waals surface area contributed by atoms with Crippen molar-refractivity contribution in [2.45, 2.75) is 0 Å². The van der Waals surface area contributed by atoms with Gasteiger partial charge >= 0.3 is 5.97 Å². The summed E-state index contributed by atoms with van der Waals surface area (Å²) in [4.78, 5) is 33.9. The van der Waals surface area contributed by atoms with E-state index in [0.29, 0.717) is 0 Å². The first-order valence-corrected chi connectivity index (χ1v) is 6.16. The lowest BCUT2D eigenvalue weighted by Crippen LogP contribution is -2.32. The zero-order valence-electron chi connectivity index (χ0n) is 10.2. The number of amides is 1. The molecule has 2 aromatic heterocycles. The van der Waals surface area contributed by atoms with Gasteiger partial charge in [-0.2, -0.15) is 0 Å². The number of carbonyl (C=O) groups is 2. The maximum Gasteiger partial charge on any atom is 0.356 e. The van der Waals surface area contributed by atoms with Gasteiger partial charge in [0.2, 0.25) is 0 Å². The maximum atomic E-state index is 11.9. The largest absolute Gasteiger partial charge is 0.476 e. The first-order chi connectivity index (χ1) is 10.0. The summed E-state index contributed by atoms with van der Waals surface area (Å²) in [6, 6.07) is 0. The van der Waals surface area contributed by atoms with Crippen LogP contribution >= 0.6 is 23.2 Å². The van der Waals surface area contributed by atoms with Crippen LogP contribution in [-0.2, 0) is 0 Å². The van der Waals surface area contributed by atoms with E-state index in [1.54, 1.807) is 0 Å². The maximum absolute atomic E-state index is 11.9. The van der Waals surface area contributed by atoms with E-state index in [1.165, 1.54) is 24.8 Å². The van der Waals surface area contributed by atoms with E-state index in [0.717, 1.165) is 0 Å². The van der Waals surface area contributed by atoms with E-state index >= 15 is 0 Å². The normalized spacial score (nSPS) is 10.0. The molecule has 0 unspecified atom stereocenters. The number of halogens is 2. The molecule has 0 aliphatic rings. The molecule has 2 aromatic rings. The number of anilines is 1. The number of aromatic carboxylic acids is 1. The number of hydrazine groups is 1. The molecule has 0 saturated carbocycles. The lowest BCUT2D eigenvalue weighted by Gasteiger charge is -2.11. The fourth-order valence-electron chi connectivity index (χ4n) is 1.37. The molecule has 8 nitrogen and oxygen atoms in total. The number of aromatic nitrogens is 3. The highest BCUT2D eigenvalue weighted by atomic mass is 35.5. The Balaban J connectivity index is 2.18. The lowest BCUT2D eigenvalue weighted by molar-refractivity contribution is 0.0683. The van der Waals surface area contributed by atoms with Crippen LogP contribution in [0.2, 0.25) is 10.0 Å². The molecule has 0 aliphatic heterocycles. The molecule has 0 saturated heterocycles. The Bertz CT molecular complexity index is 690. The summed E-state index contributed by atoms with van der Waals surface area (Å²) < 4.78 is 0. The number of rotatable bonds is 4. The molecule has 21 heavy (non-hydrogen) atoms. The van der Waals surface area contributed by atoms with E-state index in [2.05, 4.69) is 25.8 Å². The molecule has 1 amide bonds. The molecule has 0 bridgehead atoms. The van der Waals surface area contributed by atoms with E-state index in [4.69, 9.17) is 28.3 Å². The predicted octanol–water partition coefficient (Wildman–Crippen LogP) is 1.63. The van der Waals surface area contributed by atoms with Crippen LogP contribution in [0.1, 0.15) is 21.0 Å². The SMILES string of the molecule is O=C(O)c1nccnc1C(=O)NNc1c(Cl)cncc1Cl. The molecule has 0 aliphatic carbocycles.